The first-order chi connectivity index (χ1) is 12.8. The van der Waals surface area contributed by atoms with E-state index >= 15 is 0 Å². The second-order valence-corrected chi connectivity index (χ2v) is 10.1. The van der Waals surface area contributed by atoms with Gasteiger partial charge >= 0.3 is 0 Å². The molecule has 27 heavy (non-hydrogen) atoms. The quantitative estimate of drug-likeness (QED) is 0.687. The number of pyridine rings is 1. The van der Waals surface area contributed by atoms with Gasteiger partial charge in [0.15, 0.2) is 9.84 Å². The average Bonchev–Trinajstić information content (AvgIpc) is 3.22. The number of amides is 1. The van der Waals surface area contributed by atoms with E-state index in [1.54, 1.807) is 17.3 Å². The van der Waals surface area contributed by atoms with Gasteiger partial charge in [-0.2, -0.15) is 0 Å². The molecule has 7 nitrogen and oxygen atoms in total. The molecule has 3 rings (SSSR count). The zero-order valence-corrected chi connectivity index (χ0v) is 17.2. The molecule has 0 bridgehead atoms. The van der Waals surface area contributed by atoms with Crippen LogP contribution in [0.25, 0.3) is 10.6 Å². The van der Waals surface area contributed by atoms with Crippen LogP contribution in [-0.2, 0) is 21.1 Å². The second kappa shape index (κ2) is 8.45. The lowest BCUT2D eigenvalue weighted by Crippen LogP contribution is -2.45. The van der Waals surface area contributed by atoms with Gasteiger partial charge in [0.25, 0.3) is 0 Å². The van der Waals surface area contributed by atoms with Crippen molar-refractivity contribution in [3.63, 3.8) is 0 Å². The number of hydrogen-bond acceptors (Lipinski definition) is 7. The van der Waals surface area contributed by atoms with E-state index in [0.717, 1.165) is 10.6 Å². The minimum atomic E-state index is -3.05. The molecule has 1 fully saturated rings. The first-order valence-electron chi connectivity index (χ1n) is 8.83. The van der Waals surface area contributed by atoms with Gasteiger partial charge in [0.05, 0.1) is 23.6 Å². The molecule has 0 spiro atoms. The Balaban J connectivity index is 1.71. The van der Waals surface area contributed by atoms with Crippen LogP contribution in [0.2, 0.25) is 0 Å². The van der Waals surface area contributed by atoms with Crippen molar-refractivity contribution in [2.75, 3.05) is 38.7 Å². The molecular weight excluding hydrogens is 384 g/mol. The Bertz CT molecular complexity index is 881. The third kappa shape index (κ3) is 5.33. The van der Waals surface area contributed by atoms with Crippen molar-refractivity contribution in [1.29, 1.82) is 0 Å². The van der Waals surface area contributed by atoms with Crippen molar-refractivity contribution >= 4 is 27.1 Å². The van der Waals surface area contributed by atoms with Gasteiger partial charge in [-0.3, -0.25) is 9.78 Å². The topological polar surface area (TPSA) is 83.5 Å². The summed E-state index contributed by atoms with van der Waals surface area (Å²) in [6.45, 7) is 1.21. The fourth-order valence-electron chi connectivity index (χ4n) is 3.11. The first kappa shape index (κ1) is 19.9. The van der Waals surface area contributed by atoms with Gasteiger partial charge in [-0.05, 0) is 32.6 Å². The Morgan fingerprint density at radius 1 is 1.33 bits per heavy atom. The van der Waals surface area contributed by atoms with E-state index in [9.17, 15) is 13.2 Å². The summed E-state index contributed by atoms with van der Waals surface area (Å²) in [5, 5.41) is 2.71. The van der Waals surface area contributed by atoms with Gasteiger partial charge in [-0.1, -0.05) is 0 Å². The minimum Gasteiger partial charge on any atom is -0.337 e. The lowest BCUT2D eigenvalue weighted by atomic mass is 10.2. The van der Waals surface area contributed by atoms with Gasteiger partial charge < -0.3 is 9.80 Å². The number of sulfone groups is 1. The maximum absolute atomic E-state index is 12.9. The van der Waals surface area contributed by atoms with Gasteiger partial charge in [-0.15, -0.1) is 11.3 Å². The van der Waals surface area contributed by atoms with Crippen molar-refractivity contribution in [3.8, 4) is 10.6 Å². The highest BCUT2D eigenvalue weighted by Gasteiger charge is 2.34. The number of likely N-dealkylation sites (N-methyl/N-ethyl adjacent to an activating group) is 1. The summed E-state index contributed by atoms with van der Waals surface area (Å²) in [5.74, 6) is 0.150. The van der Waals surface area contributed by atoms with Gasteiger partial charge in [-0.25, -0.2) is 13.4 Å². The van der Waals surface area contributed by atoms with E-state index in [1.165, 1.54) is 11.3 Å². The maximum Gasteiger partial charge on any atom is 0.228 e. The van der Waals surface area contributed by atoms with Crippen LogP contribution < -0.4 is 0 Å². The largest absolute Gasteiger partial charge is 0.337 e. The molecular formula is C18H24N4O3S2. The Morgan fingerprint density at radius 3 is 2.78 bits per heavy atom. The van der Waals surface area contributed by atoms with E-state index < -0.39 is 9.84 Å². The van der Waals surface area contributed by atoms with E-state index in [1.807, 2.05) is 36.5 Å². The molecule has 1 aliphatic rings. The summed E-state index contributed by atoms with van der Waals surface area (Å²) >= 11 is 1.48. The van der Waals surface area contributed by atoms with Crippen molar-refractivity contribution in [3.05, 3.63) is 35.6 Å². The number of nitrogens with zero attached hydrogens (tertiary/aromatic N) is 4. The SMILES string of the molecule is CN(C)CCN(C(=O)Cc1csc(-c2cccnc2)n1)C1CCS(=O)(=O)C1. The first-order valence-corrected chi connectivity index (χ1v) is 11.5. The lowest BCUT2D eigenvalue weighted by molar-refractivity contribution is -0.132. The van der Waals surface area contributed by atoms with E-state index in [2.05, 4.69) is 9.97 Å². The Labute approximate surface area is 164 Å². The second-order valence-electron chi connectivity index (χ2n) is 7.01. The van der Waals surface area contributed by atoms with Crippen molar-refractivity contribution < 1.29 is 13.2 Å². The number of hydrogen-bond donors (Lipinski definition) is 0. The molecule has 1 amide bonds. The monoisotopic (exact) mass is 408 g/mol. The molecule has 3 heterocycles. The molecule has 1 aliphatic heterocycles. The maximum atomic E-state index is 12.9. The van der Waals surface area contributed by atoms with Crippen LogP contribution in [0.3, 0.4) is 0 Å². The van der Waals surface area contributed by atoms with Crippen LogP contribution in [0.15, 0.2) is 29.9 Å². The van der Waals surface area contributed by atoms with Crippen LogP contribution >= 0.6 is 11.3 Å². The molecule has 9 heteroatoms. The number of aromatic nitrogens is 2. The van der Waals surface area contributed by atoms with Crippen LogP contribution in [0.1, 0.15) is 12.1 Å². The molecule has 1 saturated heterocycles. The number of carbonyl (C=O) groups is 1. The zero-order chi connectivity index (χ0) is 19.4. The fraction of sp³-hybridized carbons (Fsp3) is 0.500. The summed E-state index contributed by atoms with van der Waals surface area (Å²) in [4.78, 5) is 25.3. The lowest BCUT2D eigenvalue weighted by Gasteiger charge is -2.29. The average molecular weight is 409 g/mol. The standard InChI is InChI=1S/C18H24N4O3S2/c1-21(2)7-8-22(16-5-9-27(24,25)13-16)17(23)10-15-12-26-18(20-15)14-4-3-6-19-11-14/h3-4,6,11-12,16H,5,7-10,13H2,1-2H3. The van der Waals surface area contributed by atoms with E-state index in [-0.39, 0.29) is 29.9 Å². The number of thiazole rings is 1. The van der Waals surface area contributed by atoms with Gasteiger partial charge in [0.2, 0.25) is 5.91 Å². The molecule has 2 aromatic heterocycles. The van der Waals surface area contributed by atoms with Crippen molar-refractivity contribution in [2.45, 2.75) is 18.9 Å². The van der Waals surface area contributed by atoms with Crippen molar-refractivity contribution in [1.82, 2.24) is 19.8 Å². The van der Waals surface area contributed by atoms with Gasteiger partial charge in [0.1, 0.15) is 5.01 Å². The summed E-state index contributed by atoms with van der Waals surface area (Å²) in [6, 6.07) is 3.55. The summed E-state index contributed by atoms with van der Waals surface area (Å²) in [5.41, 5.74) is 1.63. The molecule has 2 aromatic rings. The molecule has 0 aliphatic carbocycles. The molecule has 0 radical (unpaired) electrons. The molecule has 0 aromatic carbocycles. The van der Waals surface area contributed by atoms with Crippen LogP contribution in [0.4, 0.5) is 0 Å². The minimum absolute atomic E-state index is 0.0597. The fourth-order valence-corrected chi connectivity index (χ4v) is 5.65. The smallest absolute Gasteiger partial charge is 0.228 e. The highest BCUT2D eigenvalue weighted by Crippen LogP contribution is 2.24. The Kier molecular flexibility index (Phi) is 6.23. The predicted molar refractivity (Wildman–Crippen MR) is 106 cm³/mol. The Morgan fingerprint density at radius 2 is 2.15 bits per heavy atom. The third-order valence-electron chi connectivity index (χ3n) is 4.55. The van der Waals surface area contributed by atoms with Crippen molar-refractivity contribution in [2.24, 2.45) is 0 Å². The molecule has 146 valence electrons. The molecule has 0 N–H and O–H groups in total. The molecule has 1 atom stereocenters. The van der Waals surface area contributed by atoms with E-state index in [0.29, 0.717) is 25.2 Å². The van der Waals surface area contributed by atoms with Crippen LogP contribution in [-0.4, -0.2) is 78.8 Å². The van der Waals surface area contributed by atoms with E-state index in [4.69, 9.17) is 0 Å². The van der Waals surface area contributed by atoms with Gasteiger partial charge in [0, 0.05) is 42.5 Å². The zero-order valence-electron chi connectivity index (χ0n) is 15.5. The highest BCUT2D eigenvalue weighted by molar-refractivity contribution is 7.91. The van der Waals surface area contributed by atoms with Crippen LogP contribution in [0.5, 0.6) is 0 Å². The third-order valence-corrected chi connectivity index (χ3v) is 7.24. The molecule has 0 saturated carbocycles. The number of carbonyl (C=O) groups excluding carboxylic acids is 1. The summed E-state index contributed by atoms with van der Waals surface area (Å²) in [6.07, 6.45) is 4.15. The molecule has 1 unspecified atom stereocenters. The summed E-state index contributed by atoms with van der Waals surface area (Å²) < 4.78 is 23.7. The Hall–Kier alpha value is -1.84. The normalized spacial score (nSPS) is 18.7. The summed E-state index contributed by atoms with van der Waals surface area (Å²) in [7, 11) is 0.833. The number of rotatable bonds is 7. The highest BCUT2D eigenvalue weighted by atomic mass is 32.2. The van der Waals surface area contributed by atoms with Crippen LogP contribution in [0, 0.1) is 0 Å². The predicted octanol–water partition coefficient (Wildman–Crippen LogP) is 1.32.